The van der Waals surface area contributed by atoms with Crippen LogP contribution in [0.25, 0.3) is 0 Å². The van der Waals surface area contributed by atoms with Crippen molar-refractivity contribution in [2.75, 3.05) is 18.5 Å². The molecule has 3 saturated heterocycles. The van der Waals surface area contributed by atoms with E-state index < -0.39 is 47.8 Å². The van der Waals surface area contributed by atoms with Gasteiger partial charge in [0.2, 0.25) is 0 Å². The van der Waals surface area contributed by atoms with Gasteiger partial charge in [-0.05, 0) is 26.0 Å². The first-order valence-corrected chi connectivity index (χ1v) is 8.20. The largest absolute Gasteiger partial charge is 0.433 e. The SMILES string of the molecule is CC1(C)O[C@@H]2[C@@H](Nc3cccc(C(F)(F)F)n3)[C@H]3OC[C@](CO)(O3)[C@@H]2O1. The maximum absolute atomic E-state index is 12.9. The third-order valence-electron chi connectivity index (χ3n) is 4.76. The number of nitrogens with zero attached hydrogens (tertiary/aromatic N) is 1. The van der Waals surface area contributed by atoms with Gasteiger partial charge in [0.1, 0.15) is 35.4 Å². The summed E-state index contributed by atoms with van der Waals surface area (Å²) in [5.41, 5.74) is -2.06. The van der Waals surface area contributed by atoms with Gasteiger partial charge in [0.05, 0.1) is 13.2 Å². The smallest absolute Gasteiger partial charge is 0.393 e. The van der Waals surface area contributed by atoms with Crippen molar-refractivity contribution in [3.8, 4) is 0 Å². The first-order valence-electron chi connectivity index (χ1n) is 8.20. The second-order valence-corrected chi connectivity index (χ2v) is 7.12. The number of aliphatic hydroxyl groups is 1. The number of anilines is 1. The van der Waals surface area contributed by atoms with Crippen molar-refractivity contribution in [2.45, 2.75) is 56.0 Å². The second-order valence-electron chi connectivity index (χ2n) is 7.12. The molecule has 3 aliphatic rings. The Morgan fingerprint density at radius 3 is 2.73 bits per heavy atom. The normalized spacial score (nSPS) is 38.2. The number of ether oxygens (including phenoxy) is 4. The Balaban J connectivity index is 1.63. The summed E-state index contributed by atoms with van der Waals surface area (Å²) in [7, 11) is 0. The predicted molar refractivity (Wildman–Crippen MR) is 81.1 cm³/mol. The molecular weight excluding hydrogens is 357 g/mol. The lowest BCUT2D eigenvalue weighted by Gasteiger charge is -2.41. The molecule has 0 radical (unpaired) electrons. The third-order valence-corrected chi connectivity index (χ3v) is 4.76. The molecule has 0 saturated carbocycles. The van der Waals surface area contributed by atoms with E-state index in [-0.39, 0.29) is 19.0 Å². The average Bonchev–Trinajstić information content (AvgIpc) is 3.11. The highest BCUT2D eigenvalue weighted by atomic mass is 19.4. The van der Waals surface area contributed by atoms with E-state index in [1.165, 1.54) is 12.1 Å². The molecule has 2 bridgehead atoms. The summed E-state index contributed by atoms with van der Waals surface area (Å²) >= 11 is 0. The molecule has 0 spiro atoms. The van der Waals surface area contributed by atoms with Crippen LogP contribution in [0.4, 0.5) is 19.0 Å². The zero-order valence-corrected chi connectivity index (χ0v) is 14.1. The Morgan fingerprint density at radius 1 is 1.27 bits per heavy atom. The predicted octanol–water partition coefficient (Wildman–Crippen LogP) is 1.52. The van der Waals surface area contributed by atoms with E-state index in [1.54, 1.807) is 13.8 Å². The van der Waals surface area contributed by atoms with Crippen LogP contribution in [0.1, 0.15) is 19.5 Å². The first kappa shape index (κ1) is 17.9. The van der Waals surface area contributed by atoms with Gasteiger partial charge in [0.25, 0.3) is 0 Å². The van der Waals surface area contributed by atoms with Crippen molar-refractivity contribution in [1.29, 1.82) is 0 Å². The summed E-state index contributed by atoms with van der Waals surface area (Å²) in [6, 6.07) is 2.93. The van der Waals surface area contributed by atoms with Crippen molar-refractivity contribution in [2.24, 2.45) is 0 Å². The van der Waals surface area contributed by atoms with E-state index >= 15 is 0 Å². The van der Waals surface area contributed by atoms with Crippen LogP contribution >= 0.6 is 0 Å². The van der Waals surface area contributed by atoms with Crippen LogP contribution in [0, 0.1) is 0 Å². The number of alkyl halides is 3. The topological polar surface area (TPSA) is 82.1 Å². The highest BCUT2D eigenvalue weighted by Gasteiger charge is 2.65. The van der Waals surface area contributed by atoms with Gasteiger partial charge in [-0.15, -0.1) is 0 Å². The molecule has 144 valence electrons. The highest BCUT2D eigenvalue weighted by molar-refractivity contribution is 5.39. The molecule has 4 heterocycles. The molecule has 10 heteroatoms. The molecule has 4 rings (SSSR count). The Morgan fingerprint density at radius 2 is 2.04 bits per heavy atom. The number of fused-ring (bicyclic) bond motifs is 4. The van der Waals surface area contributed by atoms with Gasteiger partial charge in [-0.25, -0.2) is 4.98 Å². The summed E-state index contributed by atoms with van der Waals surface area (Å²) < 4.78 is 62.0. The molecule has 3 fully saturated rings. The summed E-state index contributed by atoms with van der Waals surface area (Å²) in [5, 5.41) is 12.7. The molecule has 0 aromatic carbocycles. The van der Waals surface area contributed by atoms with E-state index in [4.69, 9.17) is 18.9 Å². The summed E-state index contributed by atoms with van der Waals surface area (Å²) in [4.78, 5) is 3.62. The van der Waals surface area contributed by atoms with Gasteiger partial charge in [-0.1, -0.05) is 6.07 Å². The minimum absolute atomic E-state index is 0.0208. The average molecular weight is 376 g/mol. The number of hydrogen-bond acceptors (Lipinski definition) is 7. The van der Waals surface area contributed by atoms with E-state index in [2.05, 4.69) is 10.3 Å². The fourth-order valence-electron chi connectivity index (χ4n) is 3.63. The Bertz CT molecular complexity index is 701. The molecule has 0 unspecified atom stereocenters. The number of pyridine rings is 1. The quantitative estimate of drug-likeness (QED) is 0.828. The number of aromatic nitrogens is 1. The molecule has 2 N–H and O–H groups in total. The lowest BCUT2D eigenvalue weighted by Crippen LogP contribution is -2.63. The zero-order chi connectivity index (χ0) is 18.7. The van der Waals surface area contributed by atoms with E-state index in [1.807, 2.05) is 0 Å². The number of rotatable bonds is 3. The van der Waals surface area contributed by atoms with E-state index in [9.17, 15) is 18.3 Å². The van der Waals surface area contributed by atoms with Crippen LogP contribution in [0.5, 0.6) is 0 Å². The van der Waals surface area contributed by atoms with Gasteiger partial charge < -0.3 is 29.4 Å². The maximum Gasteiger partial charge on any atom is 0.433 e. The van der Waals surface area contributed by atoms with Crippen molar-refractivity contribution < 1.29 is 37.2 Å². The third kappa shape index (κ3) is 2.85. The van der Waals surface area contributed by atoms with Gasteiger partial charge in [-0.2, -0.15) is 13.2 Å². The first-order chi connectivity index (χ1) is 12.1. The number of halogens is 3. The minimum Gasteiger partial charge on any atom is -0.393 e. The second kappa shape index (κ2) is 5.77. The molecule has 0 aliphatic carbocycles. The zero-order valence-electron chi connectivity index (χ0n) is 14.1. The van der Waals surface area contributed by atoms with Gasteiger partial charge in [-0.3, -0.25) is 0 Å². The van der Waals surface area contributed by atoms with Crippen LogP contribution < -0.4 is 5.32 Å². The molecule has 1 aromatic heterocycles. The molecule has 5 atom stereocenters. The standard InChI is InChI=1S/C16H19F3N2O5/c1-14(2)24-11-10(13-23-7-15(6-22,26-13)12(11)25-14)21-9-5-3-4-8(20-9)16(17,18)19/h3-5,10-13,22H,6-7H2,1-2H3,(H,20,21)/t10-,11-,12-,13+,15+/m1/s1. The fraction of sp³-hybridized carbons (Fsp3) is 0.688. The van der Waals surface area contributed by atoms with Gasteiger partial charge in [0.15, 0.2) is 12.1 Å². The molecular formula is C16H19F3N2O5. The number of aliphatic hydroxyl groups excluding tert-OH is 1. The molecule has 3 aliphatic heterocycles. The summed E-state index contributed by atoms with van der Waals surface area (Å²) in [6.07, 6.45) is -6.58. The Labute approximate surface area is 147 Å². The van der Waals surface area contributed by atoms with E-state index in [0.717, 1.165) is 6.07 Å². The van der Waals surface area contributed by atoms with Crippen LogP contribution in [0.3, 0.4) is 0 Å². The lowest BCUT2D eigenvalue weighted by atomic mass is 9.88. The maximum atomic E-state index is 12.9. The van der Waals surface area contributed by atoms with Crippen molar-refractivity contribution >= 4 is 5.82 Å². The highest BCUT2D eigenvalue weighted by Crippen LogP contribution is 2.46. The molecule has 1 aromatic rings. The van der Waals surface area contributed by atoms with Crippen LogP contribution in [0.15, 0.2) is 18.2 Å². The Hall–Kier alpha value is -1.46. The lowest BCUT2D eigenvalue weighted by molar-refractivity contribution is -0.201. The van der Waals surface area contributed by atoms with Crippen LogP contribution in [-0.4, -0.2) is 59.2 Å². The van der Waals surface area contributed by atoms with Crippen LogP contribution in [0.2, 0.25) is 0 Å². The van der Waals surface area contributed by atoms with Gasteiger partial charge >= 0.3 is 6.18 Å². The summed E-state index contributed by atoms with van der Waals surface area (Å²) in [6.45, 7) is 3.23. The van der Waals surface area contributed by atoms with Crippen molar-refractivity contribution in [3.63, 3.8) is 0 Å². The number of hydrogen-bond donors (Lipinski definition) is 2. The fourth-order valence-corrected chi connectivity index (χ4v) is 3.63. The van der Waals surface area contributed by atoms with Gasteiger partial charge in [0, 0.05) is 0 Å². The van der Waals surface area contributed by atoms with Crippen molar-refractivity contribution in [1.82, 2.24) is 4.98 Å². The Kier molecular flexibility index (Phi) is 3.98. The van der Waals surface area contributed by atoms with Crippen molar-refractivity contribution in [3.05, 3.63) is 23.9 Å². The van der Waals surface area contributed by atoms with E-state index in [0.29, 0.717) is 0 Å². The minimum atomic E-state index is -4.55. The summed E-state index contributed by atoms with van der Waals surface area (Å²) in [5.74, 6) is -0.903. The van der Waals surface area contributed by atoms with Crippen LogP contribution in [-0.2, 0) is 25.1 Å². The number of nitrogens with one attached hydrogen (secondary N) is 1. The molecule has 7 nitrogen and oxygen atoms in total. The monoisotopic (exact) mass is 376 g/mol. The molecule has 26 heavy (non-hydrogen) atoms. The molecule has 0 amide bonds.